The molecule has 0 saturated heterocycles. The minimum Gasteiger partial charge on any atom is -0.358 e. The number of benzene rings is 2. The fourth-order valence-corrected chi connectivity index (χ4v) is 4.06. The average Bonchev–Trinajstić information content (AvgIpc) is 2.74. The normalized spacial score (nSPS) is 19.9. The SMILES string of the molecule is CC12C=CC=CC1=CC=C(N(c1ccc(Br)cc1)c1ccc3ccccc3n1)N2. The van der Waals surface area contributed by atoms with Gasteiger partial charge in [0.05, 0.1) is 11.1 Å². The lowest BCUT2D eigenvalue weighted by Gasteiger charge is -2.39. The zero-order valence-corrected chi connectivity index (χ0v) is 17.6. The van der Waals surface area contributed by atoms with Gasteiger partial charge in [-0.2, -0.15) is 0 Å². The van der Waals surface area contributed by atoms with Gasteiger partial charge in [0.2, 0.25) is 0 Å². The van der Waals surface area contributed by atoms with E-state index in [1.807, 2.05) is 12.1 Å². The lowest BCUT2D eigenvalue weighted by atomic mass is 9.85. The van der Waals surface area contributed by atoms with E-state index in [0.717, 1.165) is 32.7 Å². The maximum atomic E-state index is 4.96. The monoisotopic (exact) mass is 441 g/mol. The minimum absolute atomic E-state index is 0.247. The Morgan fingerprint density at radius 3 is 2.62 bits per heavy atom. The molecule has 3 nitrogen and oxygen atoms in total. The van der Waals surface area contributed by atoms with Crippen LogP contribution in [0, 0.1) is 0 Å². The Bertz CT molecular complexity index is 1200. The molecule has 142 valence electrons. The van der Waals surface area contributed by atoms with Gasteiger partial charge < -0.3 is 5.32 Å². The molecule has 1 aliphatic carbocycles. The number of dihydropyridines is 1. The third-order valence-corrected chi connectivity index (χ3v) is 5.89. The van der Waals surface area contributed by atoms with Crippen LogP contribution in [0.4, 0.5) is 11.5 Å². The number of nitrogens with zero attached hydrogens (tertiary/aromatic N) is 2. The molecule has 0 fully saturated rings. The van der Waals surface area contributed by atoms with Crippen molar-refractivity contribution in [3.05, 3.63) is 113 Å². The predicted molar refractivity (Wildman–Crippen MR) is 124 cm³/mol. The van der Waals surface area contributed by atoms with Crippen LogP contribution in [-0.4, -0.2) is 10.5 Å². The molecule has 0 radical (unpaired) electrons. The van der Waals surface area contributed by atoms with Crippen LogP contribution >= 0.6 is 15.9 Å². The Labute approximate surface area is 178 Å². The van der Waals surface area contributed by atoms with Crippen molar-refractivity contribution in [3.8, 4) is 0 Å². The summed E-state index contributed by atoms with van der Waals surface area (Å²) in [5.74, 6) is 1.86. The summed E-state index contributed by atoms with van der Waals surface area (Å²) in [6.45, 7) is 2.19. The van der Waals surface area contributed by atoms with E-state index >= 15 is 0 Å². The number of fused-ring (bicyclic) bond motifs is 2. The molecule has 1 atom stereocenters. The van der Waals surface area contributed by atoms with Crippen LogP contribution in [0.25, 0.3) is 10.9 Å². The number of pyridine rings is 1. The molecule has 5 rings (SSSR count). The highest BCUT2D eigenvalue weighted by atomic mass is 79.9. The first-order chi connectivity index (χ1) is 14.1. The van der Waals surface area contributed by atoms with Gasteiger partial charge in [-0.25, -0.2) is 4.98 Å². The van der Waals surface area contributed by atoms with E-state index in [0.29, 0.717) is 0 Å². The molecular formula is C25H20BrN3. The molecule has 0 saturated carbocycles. The number of halogens is 1. The third kappa shape index (κ3) is 3.30. The number of rotatable bonds is 3. The summed E-state index contributed by atoms with van der Waals surface area (Å²) >= 11 is 3.54. The maximum absolute atomic E-state index is 4.96. The molecule has 3 aromatic rings. The summed E-state index contributed by atoms with van der Waals surface area (Å²) in [4.78, 5) is 7.13. The molecule has 2 heterocycles. The third-order valence-electron chi connectivity index (χ3n) is 5.36. The molecule has 1 aliphatic heterocycles. The molecule has 2 aliphatic rings. The summed E-state index contributed by atoms with van der Waals surface area (Å²) in [5, 5.41) is 4.85. The van der Waals surface area contributed by atoms with Crippen LogP contribution in [0.2, 0.25) is 0 Å². The summed E-state index contributed by atoms with van der Waals surface area (Å²) < 4.78 is 1.05. The highest BCUT2D eigenvalue weighted by Gasteiger charge is 2.31. The van der Waals surface area contributed by atoms with E-state index in [4.69, 9.17) is 4.98 Å². The van der Waals surface area contributed by atoms with Gasteiger partial charge in [-0.05, 0) is 61.0 Å². The van der Waals surface area contributed by atoms with Crippen LogP contribution in [0.15, 0.2) is 113 Å². The van der Waals surface area contributed by atoms with Crippen molar-refractivity contribution in [1.82, 2.24) is 10.3 Å². The molecule has 0 spiro atoms. The van der Waals surface area contributed by atoms with Gasteiger partial charge >= 0.3 is 0 Å². The first-order valence-electron chi connectivity index (χ1n) is 9.60. The number of allylic oxidation sites excluding steroid dienone is 4. The number of aromatic nitrogens is 1. The minimum atomic E-state index is -0.247. The zero-order chi connectivity index (χ0) is 19.8. The maximum Gasteiger partial charge on any atom is 0.139 e. The molecule has 1 aromatic heterocycles. The second-order valence-electron chi connectivity index (χ2n) is 7.39. The first kappa shape index (κ1) is 18.0. The molecular weight excluding hydrogens is 422 g/mol. The van der Waals surface area contributed by atoms with Crippen molar-refractivity contribution >= 4 is 38.3 Å². The highest BCUT2D eigenvalue weighted by Crippen LogP contribution is 2.35. The van der Waals surface area contributed by atoms with Crippen LogP contribution in [-0.2, 0) is 0 Å². The molecule has 0 amide bonds. The Morgan fingerprint density at radius 2 is 1.76 bits per heavy atom. The van der Waals surface area contributed by atoms with Crippen LogP contribution in [0.1, 0.15) is 6.92 Å². The number of para-hydroxylation sites is 1. The fourth-order valence-electron chi connectivity index (χ4n) is 3.79. The molecule has 2 aromatic carbocycles. The summed E-state index contributed by atoms with van der Waals surface area (Å²) in [5.41, 5.74) is 3.02. The summed E-state index contributed by atoms with van der Waals surface area (Å²) in [6, 6.07) is 20.7. The predicted octanol–water partition coefficient (Wildman–Crippen LogP) is 6.39. The lowest BCUT2D eigenvalue weighted by Crippen LogP contribution is -2.47. The van der Waals surface area contributed by atoms with E-state index < -0.39 is 0 Å². The Morgan fingerprint density at radius 1 is 0.931 bits per heavy atom. The molecule has 1 unspecified atom stereocenters. The van der Waals surface area contributed by atoms with Gasteiger partial charge in [0.25, 0.3) is 0 Å². The summed E-state index contributed by atoms with van der Waals surface area (Å²) in [6.07, 6.45) is 12.8. The van der Waals surface area contributed by atoms with Crippen LogP contribution < -0.4 is 10.2 Å². The highest BCUT2D eigenvalue weighted by molar-refractivity contribution is 9.10. The van der Waals surface area contributed by atoms with Gasteiger partial charge in [-0.1, -0.05) is 64.5 Å². The second kappa shape index (κ2) is 7.05. The molecule has 4 heteroatoms. The molecule has 29 heavy (non-hydrogen) atoms. The number of hydrogen-bond donors (Lipinski definition) is 1. The van der Waals surface area contributed by atoms with E-state index in [1.165, 1.54) is 5.57 Å². The number of nitrogens with one attached hydrogen (secondary N) is 1. The van der Waals surface area contributed by atoms with Crippen molar-refractivity contribution in [2.24, 2.45) is 0 Å². The van der Waals surface area contributed by atoms with Crippen molar-refractivity contribution < 1.29 is 0 Å². The largest absolute Gasteiger partial charge is 0.358 e. The van der Waals surface area contributed by atoms with Crippen molar-refractivity contribution in [2.75, 3.05) is 4.90 Å². The topological polar surface area (TPSA) is 28.2 Å². The van der Waals surface area contributed by atoms with E-state index in [9.17, 15) is 0 Å². The lowest BCUT2D eigenvalue weighted by molar-refractivity contribution is 0.551. The van der Waals surface area contributed by atoms with Gasteiger partial charge in [0.1, 0.15) is 11.6 Å². The van der Waals surface area contributed by atoms with Gasteiger partial charge in [-0.3, -0.25) is 4.90 Å². The Hall–Kier alpha value is -3.11. The smallest absolute Gasteiger partial charge is 0.139 e. The quantitative estimate of drug-likeness (QED) is 0.510. The van der Waals surface area contributed by atoms with Crippen LogP contribution in [0.5, 0.6) is 0 Å². The van der Waals surface area contributed by atoms with Gasteiger partial charge in [-0.15, -0.1) is 0 Å². The standard InChI is InChI=1S/C25H20BrN3/c1-25-17-5-4-7-19(25)10-16-24(28-25)29(21-13-11-20(26)12-14-21)23-15-9-18-6-2-3-8-22(18)27-23/h2-17,28H,1H3. The zero-order valence-electron chi connectivity index (χ0n) is 16.0. The van der Waals surface area contributed by atoms with Gasteiger partial charge in [0, 0.05) is 15.5 Å². The van der Waals surface area contributed by atoms with Crippen molar-refractivity contribution in [2.45, 2.75) is 12.5 Å². The van der Waals surface area contributed by atoms with E-state index in [1.54, 1.807) is 0 Å². The molecule has 1 N–H and O–H groups in total. The van der Waals surface area contributed by atoms with E-state index in [2.05, 4.69) is 118 Å². The second-order valence-corrected chi connectivity index (χ2v) is 8.31. The Balaban J connectivity index is 1.65. The summed E-state index contributed by atoms with van der Waals surface area (Å²) in [7, 11) is 0. The number of anilines is 2. The average molecular weight is 442 g/mol. The molecule has 0 bridgehead atoms. The van der Waals surface area contributed by atoms with Crippen LogP contribution in [0.3, 0.4) is 0 Å². The Kier molecular flexibility index (Phi) is 4.36. The van der Waals surface area contributed by atoms with Crippen molar-refractivity contribution in [3.63, 3.8) is 0 Å². The fraction of sp³-hybridized carbons (Fsp3) is 0.0800. The first-order valence-corrected chi connectivity index (χ1v) is 10.4. The van der Waals surface area contributed by atoms with Crippen molar-refractivity contribution in [1.29, 1.82) is 0 Å². The van der Waals surface area contributed by atoms with E-state index in [-0.39, 0.29) is 5.54 Å². The number of hydrogen-bond acceptors (Lipinski definition) is 3. The van der Waals surface area contributed by atoms with Gasteiger partial charge in [0.15, 0.2) is 0 Å².